The third-order valence-electron chi connectivity index (χ3n) is 5.76. The lowest BCUT2D eigenvalue weighted by Gasteiger charge is -2.21. The number of amides is 1. The maximum Gasteiger partial charge on any atom is 0.347 e. The summed E-state index contributed by atoms with van der Waals surface area (Å²) in [6, 6.07) is 6.16. The molecule has 172 valence electrons. The molecule has 0 N–H and O–H groups in total. The Labute approximate surface area is 197 Å². The van der Waals surface area contributed by atoms with Gasteiger partial charge in [-0.2, -0.15) is 0 Å². The van der Waals surface area contributed by atoms with E-state index in [0.29, 0.717) is 39.6 Å². The van der Waals surface area contributed by atoms with Crippen LogP contribution in [0, 0.1) is 5.92 Å². The summed E-state index contributed by atoms with van der Waals surface area (Å²) in [7, 11) is 1.51. The van der Waals surface area contributed by atoms with Crippen molar-refractivity contribution in [2.24, 2.45) is 5.92 Å². The molecule has 2 aromatic heterocycles. The van der Waals surface area contributed by atoms with Gasteiger partial charge >= 0.3 is 5.63 Å². The van der Waals surface area contributed by atoms with Gasteiger partial charge in [0.1, 0.15) is 23.4 Å². The Morgan fingerprint density at radius 1 is 1.24 bits per heavy atom. The molecule has 0 bridgehead atoms. The van der Waals surface area contributed by atoms with Crippen molar-refractivity contribution in [1.82, 2.24) is 19.9 Å². The number of ether oxygens (including phenoxy) is 1. The van der Waals surface area contributed by atoms with Crippen molar-refractivity contribution < 1.29 is 23.5 Å². The number of carbonyl (C=O) groups is 3. The topological polar surface area (TPSA) is 125 Å². The van der Waals surface area contributed by atoms with Crippen LogP contribution in [0.1, 0.15) is 22.5 Å². The number of halogens is 1. The highest BCUT2D eigenvalue weighted by Crippen LogP contribution is 2.35. The molecule has 11 heteroatoms. The number of nitrogens with zero attached hydrogens (tertiary/aromatic N) is 4. The summed E-state index contributed by atoms with van der Waals surface area (Å²) in [5.41, 5.74) is 0.382. The van der Waals surface area contributed by atoms with Crippen LogP contribution in [0.5, 0.6) is 0 Å². The zero-order valence-electron chi connectivity index (χ0n) is 17.9. The van der Waals surface area contributed by atoms with E-state index in [4.69, 9.17) is 20.8 Å². The van der Waals surface area contributed by atoms with E-state index in [1.165, 1.54) is 29.0 Å². The van der Waals surface area contributed by atoms with E-state index in [1.807, 2.05) is 0 Å². The number of Topliss-reactive ketones (excluding diaryl/α,β-unsaturated/α-hetero) is 2. The number of allylic oxidation sites excluding steroid dienone is 4. The number of rotatable bonds is 6. The molecule has 34 heavy (non-hydrogen) atoms. The second-order valence-electron chi connectivity index (χ2n) is 7.90. The van der Waals surface area contributed by atoms with Crippen molar-refractivity contribution in [3.05, 3.63) is 80.8 Å². The van der Waals surface area contributed by atoms with Crippen molar-refractivity contribution in [3.8, 4) is 0 Å². The van der Waals surface area contributed by atoms with Gasteiger partial charge in [-0.25, -0.2) is 9.48 Å². The SMILES string of the molecule is COC1=CC=C2C(C1)C(=O)C(=O)N2Cc1cn(CC(=O)c2cc3cc(Cl)ccc3oc2=O)nn1. The number of methoxy groups -OCH3 is 1. The van der Waals surface area contributed by atoms with Crippen LogP contribution in [-0.2, 0) is 27.4 Å². The number of fused-ring (bicyclic) bond motifs is 2. The number of benzene rings is 1. The fourth-order valence-electron chi connectivity index (χ4n) is 4.06. The third kappa shape index (κ3) is 3.81. The highest BCUT2D eigenvalue weighted by atomic mass is 35.5. The molecule has 0 saturated carbocycles. The maximum atomic E-state index is 12.7. The molecule has 1 atom stereocenters. The molecule has 2 aliphatic rings. The van der Waals surface area contributed by atoms with Gasteiger partial charge in [-0.05, 0) is 36.4 Å². The third-order valence-corrected chi connectivity index (χ3v) is 5.99. The minimum atomic E-state index is -0.764. The summed E-state index contributed by atoms with van der Waals surface area (Å²) in [5.74, 6) is -1.60. The average molecular weight is 481 g/mol. The van der Waals surface area contributed by atoms with Crippen molar-refractivity contribution in [1.29, 1.82) is 0 Å². The van der Waals surface area contributed by atoms with Crippen LogP contribution in [0.3, 0.4) is 0 Å². The van der Waals surface area contributed by atoms with E-state index in [9.17, 15) is 19.2 Å². The van der Waals surface area contributed by atoms with Gasteiger partial charge in [-0.1, -0.05) is 16.8 Å². The number of aromatic nitrogens is 3. The second kappa shape index (κ2) is 8.38. The van der Waals surface area contributed by atoms with Gasteiger partial charge in [0.15, 0.2) is 5.78 Å². The van der Waals surface area contributed by atoms with Crippen molar-refractivity contribution in [2.75, 3.05) is 7.11 Å². The van der Waals surface area contributed by atoms with E-state index in [1.54, 1.807) is 30.4 Å². The number of likely N-dealkylation sites (tertiary alicyclic amines) is 1. The summed E-state index contributed by atoms with van der Waals surface area (Å²) in [5, 5.41) is 8.89. The Bertz CT molecular complexity index is 1480. The normalized spacial score (nSPS) is 17.6. The van der Waals surface area contributed by atoms with E-state index < -0.39 is 29.0 Å². The molecule has 1 aliphatic carbocycles. The van der Waals surface area contributed by atoms with Gasteiger partial charge in [0.25, 0.3) is 5.91 Å². The minimum absolute atomic E-state index is 0.0217. The Hall–Kier alpha value is -4.05. The standard InChI is InChI=1S/C23H17ClN4O6/c1-33-15-3-4-18-16(8-15)21(30)22(31)28(18)10-14-9-27(26-25-14)11-19(29)17-7-12-6-13(24)2-5-20(12)34-23(17)32/h2-7,9,16H,8,10-11H2,1H3. The molecule has 10 nitrogen and oxygen atoms in total. The molecule has 0 spiro atoms. The van der Waals surface area contributed by atoms with Crippen LogP contribution in [0.25, 0.3) is 11.0 Å². The van der Waals surface area contributed by atoms with Crippen LogP contribution < -0.4 is 5.63 Å². The summed E-state index contributed by atoms with van der Waals surface area (Å²) < 4.78 is 11.7. The zero-order valence-corrected chi connectivity index (χ0v) is 18.6. The quantitative estimate of drug-likeness (QED) is 0.299. The van der Waals surface area contributed by atoms with Gasteiger partial charge < -0.3 is 14.1 Å². The largest absolute Gasteiger partial charge is 0.501 e. The highest BCUT2D eigenvalue weighted by Gasteiger charge is 2.44. The van der Waals surface area contributed by atoms with E-state index in [0.717, 1.165) is 0 Å². The van der Waals surface area contributed by atoms with E-state index in [-0.39, 0.29) is 18.7 Å². The number of hydrogen-bond donors (Lipinski definition) is 0. The first-order chi connectivity index (χ1) is 16.3. The monoisotopic (exact) mass is 480 g/mol. The highest BCUT2D eigenvalue weighted by molar-refractivity contribution is 6.40. The molecular formula is C23H17ClN4O6. The van der Waals surface area contributed by atoms with Gasteiger partial charge in [-0.15, -0.1) is 5.10 Å². The smallest absolute Gasteiger partial charge is 0.347 e. The summed E-state index contributed by atoms with van der Waals surface area (Å²) in [4.78, 5) is 51.3. The van der Waals surface area contributed by atoms with Crippen LogP contribution in [-0.4, -0.2) is 44.5 Å². The summed E-state index contributed by atoms with van der Waals surface area (Å²) in [6.07, 6.45) is 5.23. The molecule has 1 saturated heterocycles. The predicted molar refractivity (Wildman–Crippen MR) is 119 cm³/mol. The molecule has 1 aliphatic heterocycles. The Morgan fingerprint density at radius 3 is 2.85 bits per heavy atom. The first kappa shape index (κ1) is 21.8. The Kier molecular flexibility index (Phi) is 5.37. The van der Waals surface area contributed by atoms with E-state index >= 15 is 0 Å². The Morgan fingerprint density at radius 2 is 2.06 bits per heavy atom. The first-order valence-electron chi connectivity index (χ1n) is 10.3. The number of hydrogen-bond acceptors (Lipinski definition) is 8. The molecule has 1 aromatic carbocycles. The summed E-state index contributed by atoms with van der Waals surface area (Å²) >= 11 is 5.98. The fourth-order valence-corrected chi connectivity index (χ4v) is 4.24. The van der Waals surface area contributed by atoms with Crippen LogP contribution in [0.2, 0.25) is 5.02 Å². The molecule has 3 heterocycles. The molecule has 3 aromatic rings. The van der Waals surface area contributed by atoms with Crippen molar-refractivity contribution in [2.45, 2.75) is 19.5 Å². The molecule has 1 amide bonds. The van der Waals surface area contributed by atoms with Crippen LogP contribution in [0.15, 0.2) is 63.3 Å². The lowest BCUT2D eigenvalue weighted by Crippen LogP contribution is -2.26. The van der Waals surface area contributed by atoms with Gasteiger partial charge in [-0.3, -0.25) is 14.4 Å². The molecule has 1 fully saturated rings. The van der Waals surface area contributed by atoms with Crippen LogP contribution in [0.4, 0.5) is 0 Å². The van der Waals surface area contributed by atoms with Crippen molar-refractivity contribution >= 4 is 40.0 Å². The van der Waals surface area contributed by atoms with Gasteiger partial charge in [0.05, 0.1) is 31.5 Å². The minimum Gasteiger partial charge on any atom is -0.501 e. The van der Waals surface area contributed by atoms with E-state index in [2.05, 4.69) is 10.3 Å². The first-order valence-corrected chi connectivity index (χ1v) is 10.7. The van der Waals surface area contributed by atoms with Crippen LogP contribution >= 0.6 is 11.6 Å². The predicted octanol–water partition coefficient (Wildman–Crippen LogP) is 2.27. The Balaban J connectivity index is 1.34. The molecule has 1 unspecified atom stereocenters. The van der Waals surface area contributed by atoms with Gasteiger partial charge in [0, 0.05) is 22.5 Å². The van der Waals surface area contributed by atoms with Gasteiger partial charge in [0.2, 0.25) is 5.78 Å². The lowest BCUT2D eigenvalue weighted by molar-refractivity contribution is -0.140. The number of ketones is 2. The summed E-state index contributed by atoms with van der Waals surface area (Å²) in [6.45, 7) is -0.240. The lowest BCUT2D eigenvalue weighted by atomic mass is 9.94. The maximum absolute atomic E-state index is 12.7. The number of carbonyl (C=O) groups excluding carboxylic acids is 3. The fraction of sp³-hybridized carbons (Fsp3) is 0.217. The second-order valence-corrected chi connectivity index (χ2v) is 8.34. The van der Waals surface area contributed by atoms with Crippen molar-refractivity contribution in [3.63, 3.8) is 0 Å². The molecular weight excluding hydrogens is 464 g/mol. The molecule has 5 rings (SSSR count). The zero-order chi connectivity index (χ0) is 24.0. The average Bonchev–Trinajstić information content (AvgIpc) is 3.36. The molecule has 0 radical (unpaired) electrons.